The van der Waals surface area contributed by atoms with E-state index in [0.717, 1.165) is 17.3 Å². The van der Waals surface area contributed by atoms with Gasteiger partial charge in [0.1, 0.15) is 11.6 Å². The van der Waals surface area contributed by atoms with Crippen molar-refractivity contribution in [2.75, 3.05) is 5.32 Å². The van der Waals surface area contributed by atoms with Crippen molar-refractivity contribution in [3.8, 4) is 5.75 Å². The molecule has 0 fully saturated rings. The van der Waals surface area contributed by atoms with Crippen molar-refractivity contribution >= 4 is 5.69 Å². The molecule has 0 aliphatic carbocycles. The zero-order valence-electron chi connectivity index (χ0n) is 10.6. The van der Waals surface area contributed by atoms with Gasteiger partial charge in [-0.25, -0.2) is 9.97 Å². The number of anilines is 1. The lowest BCUT2D eigenvalue weighted by molar-refractivity contribution is 0.242. The molecule has 0 saturated carbocycles. The predicted octanol–water partition coefficient (Wildman–Crippen LogP) is 2.88. The highest BCUT2D eigenvalue weighted by Crippen LogP contribution is 2.17. The average molecular weight is 243 g/mol. The molecule has 2 rings (SSSR count). The fraction of sp³-hybridized carbons (Fsp3) is 0.286. The minimum atomic E-state index is 0.196. The smallest absolute Gasteiger partial charge is 0.147 e. The summed E-state index contributed by atoms with van der Waals surface area (Å²) in [6.07, 6.45) is 3.68. The van der Waals surface area contributed by atoms with Gasteiger partial charge < -0.3 is 10.1 Å². The third-order valence-corrected chi connectivity index (χ3v) is 2.30. The average Bonchev–Trinajstić information content (AvgIpc) is 2.38. The lowest BCUT2D eigenvalue weighted by atomic mass is 10.3. The quantitative estimate of drug-likeness (QED) is 0.877. The van der Waals surface area contributed by atoms with E-state index in [2.05, 4.69) is 15.3 Å². The van der Waals surface area contributed by atoms with Gasteiger partial charge in [-0.15, -0.1) is 0 Å². The SMILES string of the molecule is CC(C)Oc1ccc(NCc2ncccn2)cc1. The van der Waals surface area contributed by atoms with Crippen molar-refractivity contribution in [2.45, 2.75) is 26.5 Å². The van der Waals surface area contributed by atoms with Crippen molar-refractivity contribution in [3.63, 3.8) is 0 Å². The van der Waals surface area contributed by atoms with Crippen LogP contribution in [0.15, 0.2) is 42.7 Å². The minimum Gasteiger partial charge on any atom is -0.491 e. The Kier molecular flexibility index (Phi) is 4.12. The van der Waals surface area contributed by atoms with Crippen LogP contribution in [0.3, 0.4) is 0 Å². The van der Waals surface area contributed by atoms with Gasteiger partial charge >= 0.3 is 0 Å². The molecule has 0 saturated heterocycles. The largest absolute Gasteiger partial charge is 0.491 e. The van der Waals surface area contributed by atoms with Gasteiger partial charge in [-0.3, -0.25) is 0 Å². The number of benzene rings is 1. The molecule has 0 atom stereocenters. The normalized spacial score (nSPS) is 10.4. The van der Waals surface area contributed by atoms with Gasteiger partial charge in [-0.05, 0) is 44.2 Å². The molecular weight excluding hydrogens is 226 g/mol. The molecule has 1 heterocycles. The number of nitrogens with zero attached hydrogens (tertiary/aromatic N) is 2. The van der Waals surface area contributed by atoms with Crippen LogP contribution in [0.25, 0.3) is 0 Å². The monoisotopic (exact) mass is 243 g/mol. The Balaban J connectivity index is 1.90. The van der Waals surface area contributed by atoms with Crippen molar-refractivity contribution in [2.24, 2.45) is 0 Å². The molecule has 0 aliphatic heterocycles. The lowest BCUT2D eigenvalue weighted by Crippen LogP contribution is -2.06. The number of nitrogens with one attached hydrogen (secondary N) is 1. The molecule has 0 spiro atoms. The molecule has 1 aromatic heterocycles. The molecule has 0 bridgehead atoms. The van der Waals surface area contributed by atoms with E-state index in [1.807, 2.05) is 44.2 Å². The van der Waals surface area contributed by atoms with Crippen LogP contribution in [0.2, 0.25) is 0 Å². The van der Waals surface area contributed by atoms with Gasteiger partial charge in [0.25, 0.3) is 0 Å². The molecule has 4 nitrogen and oxygen atoms in total. The van der Waals surface area contributed by atoms with Crippen LogP contribution in [-0.2, 0) is 6.54 Å². The van der Waals surface area contributed by atoms with Gasteiger partial charge in [0.15, 0.2) is 0 Å². The fourth-order valence-electron chi connectivity index (χ4n) is 1.53. The summed E-state index contributed by atoms with van der Waals surface area (Å²) in [7, 11) is 0. The molecule has 4 heteroatoms. The van der Waals surface area contributed by atoms with E-state index in [0.29, 0.717) is 6.54 Å². The number of rotatable bonds is 5. The Morgan fingerprint density at radius 3 is 2.39 bits per heavy atom. The minimum absolute atomic E-state index is 0.196. The van der Waals surface area contributed by atoms with Crippen LogP contribution in [0.1, 0.15) is 19.7 Å². The van der Waals surface area contributed by atoms with Gasteiger partial charge in [0.2, 0.25) is 0 Å². The maximum Gasteiger partial charge on any atom is 0.147 e. The Bertz CT molecular complexity index is 468. The van der Waals surface area contributed by atoms with Crippen molar-refractivity contribution < 1.29 is 4.74 Å². The highest BCUT2D eigenvalue weighted by molar-refractivity contribution is 5.46. The highest BCUT2D eigenvalue weighted by atomic mass is 16.5. The third kappa shape index (κ3) is 3.73. The summed E-state index contributed by atoms with van der Waals surface area (Å²) in [6.45, 7) is 4.64. The van der Waals surface area contributed by atoms with Crippen LogP contribution >= 0.6 is 0 Å². The summed E-state index contributed by atoms with van der Waals surface area (Å²) in [5, 5.41) is 3.26. The van der Waals surface area contributed by atoms with Gasteiger partial charge in [0, 0.05) is 18.1 Å². The van der Waals surface area contributed by atoms with E-state index in [4.69, 9.17) is 4.74 Å². The van der Waals surface area contributed by atoms with Crippen LogP contribution in [-0.4, -0.2) is 16.1 Å². The molecule has 1 N–H and O–H groups in total. The van der Waals surface area contributed by atoms with Gasteiger partial charge in [0.05, 0.1) is 12.6 Å². The van der Waals surface area contributed by atoms with Gasteiger partial charge in [-0.1, -0.05) is 0 Å². The number of hydrogen-bond acceptors (Lipinski definition) is 4. The summed E-state index contributed by atoms with van der Waals surface area (Å²) in [4.78, 5) is 8.30. The summed E-state index contributed by atoms with van der Waals surface area (Å²) >= 11 is 0. The summed E-state index contributed by atoms with van der Waals surface area (Å²) in [6, 6.07) is 9.69. The van der Waals surface area contributed by atoms with E-state index in [1.54, 1.807) is 12.4 Å². The van der Waals surface area contributed by atoms with E-state index < -0.39 is 0 Å². The molecule has 94 valence electrons. The Hall–Kier alpha value is -2.10. The fourth-order valence-corrected chi connectivity index (χ4v) is 1.53. The number of hydrogen-bond donors (Lipinski definition) is 1. The predicted molar refractivity (Wildman–Crippen MR) is 71.6 cm³/mol. The third-order valence-electron chi connectivity index (χ3n) is 2.30. The van der Waals surface area contributed by atoms with Crippen LogP contribution in [0, 0.1) is 0 Å². The Morgan fingerprint density at radius 2 is 1.78 bits per heavy atom. The number of aromatic nitrogens is 2. The second-order valence-electron chi connectivity index (χ2n) is 4.21. The van der Waals surface area contributed by atoms with Crippen molar-refractivity contribution in [1.82, 2.24) is 9.97 Å². The first-order chi connectivity index (χ1) is 8.74. The van der Waals surface area contributed by atoms with Crippen LogP contribution in [0.4, 0.5) is 5.69 Å². The zero-order chi connectivity index (χ0) is 12.8. The lowest BCUT2D eigenvalue weighted by Gasteiger charge is -2.10. The molecule has 0 aliphatic rings. The molecule has 18 heavy (non-hydrogen) atoms. The van der Waals surface area contributed by atoms with Crippen molar-refractivity contribution in [3.05, 3.63) is 48.5 Å². The molecule has 0 amide bonds. The summed E-state index contributed by atoms with van der Waals surface area (Å²) < 4.78 is 5.58. The van der Waals surface area contributed by atoms with Crippen molar-refractivity contribution in [1.29, 1.82) is 0 Å². The second-order valence-corrected chi connectivity index (χ2v) is 4.21. The van der Waals surface area contributed by atoms with E-state index in [-0.39, 0.29) is 6.10 Å². The zero-order valence-corrected chi connectivity index (χ0v) is 10.6. The molecule has 1 aromatic carbocycles. The van der Waals surface area contributed by atoms with E-state index in [1.165, 1.54) is 0 Å². The number of ether oxygens (including phenoxy) is 1. The van der Waals surface area contributed by atoms with Crippen LogP contribution in [0.5, 0.6) is 5.75 Å². The standard InChI is InChI=1S/C14H17N3O/c1-11(2)18-13-6-4-12(5-7-13)17-10-14-15-8-3-9-16-14/h3-9,11,17H,10H2,1-2H3. The maximum absolute atomic E-state index is 5.58. The Morgan fingerprint density at radius 1 is 1.11 bits per heavy atom. The first-order valence-corrected chi connectivity index (χ1v) is 6.00. The highest BCUT2D eigenvalue weighted by Gasteiger charge is 1.99. The van der Waals surface area contributed by atoms with Gasteiger partial charge in [-0.2, -0.15) is 0 Å². The molecule has 2 aromatic rings. The molecular formula is C14H17N3O. The summed E-state index contributed by atoms with van der Waals surface area (Å²) in [5.74, 6) is 1.66. The topological polar surface area (TPSA) is 47.0 Å². The van der Waals surface area contributed by atoms with E-state index >= 15 is 0 Å². The first kappa shape index (κ1) is 12.4. The van der Waals surface area contributed by atoms with Crippen LogP contribution < -0.4 is 10.1 Å². The van der Waals surface area contributed by atoms with E-state index in [9.17, 15) is 0 Å². The first-order valence-electron chi connectivity index (χ1n) is 6.00. The second kappa shape index (κ2) is 6.00. The summed E-state index contributed by atoms with van der Waals surface area (Å²) in [5.41, 5.74) is 1.03. The maximum atomic E-state index is 5.58. The Labute approximate surface area is 107 Å². The molecule has 0 unspecified atom stereocenters. The molecule has 0 radical (unpaired) electrons.